The molecule has 0 aromatic carbocycles. The van der Waals surface area contributed by atoms with Crippen LogP contribution in [0.2, 0.25) is 0 Å². The summed E-state index contributed by atoms with van der Waals surface area (Å²) in [6.45, 7) is 9.32. The van der Waals surface area contributed by atoms with E-state index in [2.05, 4.69) is 29.3 Å². The number of aliphatic hydroxyl groups excluding tert-OH is 1. The predicted molar refractivity (Wildman–Crippen MR) is 101 cm³/mol. The number of aromatic nitrogens is 5. The lowest BCUT2D eigenvalue weighted by molar-refractivity contribution is 0.0668. The van der Waals surface area contributed by atoms with E-state index in [1.54, 1.807) is 0 Å². The van der Waals surface area contributed by atoms with Gasteiger partial charge in [-0.05, 0) is 37.7 Å². The Labute approximate surface area is 160 Å². The molecule has 0 radical (unpaired) electrons. The molecule has 1 saturated heterocycles. The van der Waals surface area contributed by atoms with Crippen LogP contribution >= 0.6 is 0 Å². The number of hydrogen-bond acceptors (Lipinski definition) is 5. The second-order valence-corrected chi connectivity index (χ2v) is 7.57. The fourth-order valence-corrected chi connectivity index (χ4v) is 3.53. The standard InChI is InChI=1S/C19H30N6O2/c1-4-25-18(11-17(21-25)14(2)3)19(27)23-8-5-15(6-9-23)12-24-13-16(7-10-26)20-22-24/h11,13-15,26H,4-10,12H2,1-3H3. The Morgan fingerprint density at radius 3 is 2.70 bits per heavy atom. The molecule has 0 unspecified atom stereocenters. The van der Waals surface area contributed by atoms with Gasteiger partial charge in [-0.2, -0.15) is 5.10 Å². The van der Waals surface area contributed by atoms with E-state index in [0.29, 0.717) is 30.5 Å². The SMILES string of the molecule is CCn1nc(C(C)C)cc1C(=O)N1CCC(Cn2cc(CCO)nn2)CC1. The lowest BCUT2D eigenvalue weighted by Crippen LogP contribution is -2.40. The number of carbonyl (C=O) groups excluding carboxylic acids is 1. The summed E-state index contributed by atoms with van der Waals surface area (Å²) >= 11 is 0. The normalized spacial score (nSPS) is 15.7. The van der Waals surface area contributed by atoms with Gasteiger partial charge in [0.1, 0.15) is 5.69 Å². The van der Waals surface area contributed by atoms with E-state index in [0.717, 1.165) is 43.9 Å². The molecule has 3 heterocycles. The predicted octanol–water partition coefficient (Wildman–Crippen LogP) is 1.71. The summed E-state index contributed by atoms with van der Waals surface area (Å²) in [5.74, 6) is 0.884. The van der Waals surface area contributed by atoms with Crippen LogP contribution in [0.25, 0.3) is 0 Å². The van der Waals surface area contributed by atoms with Crippen LogP contribution in [0.5, 0.6) is 0 Å². The molecule has 1 N–H and O–H groups in total. The number of nitrogens with zero attached hydrogens (tertiary/aromatic N) is 6. The topological polar surface area (TPSA) is 89.1 Å². The average molecular weight is 374 g/mol. The van der Waals surface area contributed by atoms with Crippen LogP contribution in [-0.4, -0.2) is 60.4 Å². The first-order valence-corrected chi connectivity index (χ1v) is 9.88. The first kappa shape index (κ1) is 19.5. The highest BCUT2D eigenvalue weighted by atomic mass is 16.3. The maximum absolute atomic E-state index is 13.0. The Kier molecular flexibility index (Phi) is 6.26. The van der Waals surface area contributed by atoms with Gasteiger partial charge < -0.3 is 10.0 Å². The molecule has 8 nitrogen and oxygen atoms in total. The summed E-state index contributed by atoms with van der Waals surface area (Å²) in [5, 5.41) is 21.7. The molecule has 1 amide bonds. The van der Waals surface area contributed by atoms with Crippen molar-refractivity contribution in [3.63, 3.8) is 0 Å². The van der Waals surface area contributed by atoms with Crippen LogP contribution in [-0.2, 0) is 19.5 Å². The zero-order chi connectivity index (χ0) is 19.4. The third kappa shape index (κ3) is 4.55. The lowest BCUT2D eigenvalue weighted by atomic mass is 9.96. The van der Waals surface area contributed by atoms with Gasteiger partial charge in [0.15, 0.2) is 0 Å². The van der Waals surface area contributed by atoms with Crippen molar-refractivity contribution >= 4 is 5.91 Å². The second kappa shape index (κ2) is 8.65. The summed E-state index contributed by atoms with van der Waals surface area (Å²) in [7, 11) is 0. The smallest absolute Gasteiger partial charge is 0.272 e. The maximum Gasteiger partial charge on any atom is 0.272 e. The average Bonchev–Trinajstić information content (AvgIpc) is 3.29. The van der Waals surface area contributed by atoms with E-state index in [1.807, 2.05) is 33.5 Å². The number of rotatable bonds is 7. The van der Waals surface area contributed by atoms with Crippen molar-refractivity contribution in [3.05, 3.63) is 29.3 Å². The Bertz CT molecular complexity index is 758. The van der Waals surface area contributed by atoms with Crippen LogP contribution in [0.3, 0.4) is 0 Å². The van der Waals surface area contributed by atoms with Gasteiger partial charge in [0, 0.05) is 45.4 Å². The van der Waals surface area contributed by atoms with Crippen molar-refractivity contribution in [3.8, 4) is 0 Å². The molecule has 1 fully saturated rings. The number of amides is 1. The molecular weight excluding hydrogens is 344 g/mol. The van der Waals surface area contributed by atoms with Crippen molar-refractivity contribution in [2.75, 3.05) is 19.7 Å². The van der Waals surface area contributed by atoms with Gasteiger partial charge in [0.25, 0.3) is 5.91 Å². The number of aliphatic hydroxyl groups is 1. The zero-order valence-corrected chi connectivity index (χ0v) is 16.5. The van der Waals surface area contributed by atoms with E-state index in [-0.39, 0.29) is 12.5 Å². The van der Waals surface area contributed by atoms with Gasteiger partial charge in [-0.15, -0.1) is 5.10 Å². The van der Waals surface area contributed by atoms with E-state index in [1.165, 1.54) is 0 Å². The highest BCUT2D eigenvalue weighted by Crippen LogP contribution is 2.22. The fraction of sp³-hybridized carbons (Fsp3) is 0.684. The Morgan fingerprint density at radius 2 is 2.07 bits per heavy atom. The Hall–Kier alpha value is -2.22. The Morgan fingerprint density at radius 1 is 1.33 bits per heavy atom. The van der Waals surface area contributed by atoms with Crippen LogP contribution in [0.1, 0.15) is 61.4 Å². The van der Waals surface area contributed by atoms with Gasteiger partial charge in [-0.25, -0.2) is 0 Å². The second-order valence-electron chi connectivity index (χ2n) is 7.57. The monoisotopic (exact) mass is 374 g/mol. The number of hydrogen-bond donors (Lipinski definition) is 1. The van der Waals surface area contributed by atoms with Crippen molar-refractivity contribution < 1.29 is 9.90 Å². The number of likely N-dealkylation sites (tertiary alicyclic amines) is 1. The number of aryl methyl sites for hydroxylation is 1. The van der Waals surface area contributed by atoms with Crippen LogP contribution in [0.4, 0.5) is 0 Å². The highest BCUT2D eigenvalue weighted by Gasteiger charge is 2.27. The van der Waals surface area contributed by atoms with Crippen LogP contribution in [0.15, 0.2) is 12.3 Å². The first-order valence-electron chi connectivity index (χ1n) is 9.88. The number of piperidine rings is 1. The zero-order valence-electron chi connectivity index (χ0n) is 16.5. The molecule has 27 heavy (non-hydrogen) atoms. The quantitative estimate of drug-likeness (QED) is 0.797. The van der Waals surface area contributed by atoms with Crippen molar-refractivity contribution in [1.29, 1.82) is 0 Å². The van der Waals surface area contributed by atoms with Crippen LogP contribution < -0.4 is 0 Å². The molecule has 1 aliphatic heterocycles. The van der Waals surface area contributed by atoms with Gasteiger partial charge >= 0.3 is 0 Å². The minimum atomic E-state index is 0.0840. The van der Waals surface area contributed by atoms with Crippen molar-refractivity contribution in [1.82, 2.24) is 29.7 Å². The summed E-state index contributed by atoms with van der Waals surface area (Å²) in [5.41, 5.74) is 2.49. The molecule has 0 saturated carbocycles. The summed E-state index contributed by atoms with van der Waals surface area (Å²) in [6, 6.07) is 1.95. The van der Waals surface area contributed by atoms with E-state index in [9.17, 15) is 4.79 Å². The number of carbonyl (C=O) groups is 1. The summed E-state index contributed by atoms with van der Waals surface area (Å²) in [4.78, 5) is 14.9. The first-order chi connectivity index (χ1) is 13.0. The molecule has 1 aliphatic rings. The van der Waals surface area contributed by atoms with Gasteiger partial charge in [-0.3, -0.25) is 14.2 Å². The molecule has 0 atom stereocenters. The van der Waals surface area contributed by atoms with Gasteiger partial charge in [0.05, 0.1) is 11.4 Å². The molecule has 0 bridgehead atoms. The highest BCUT2D eigenvalue weighted by molar-refractivity contribution is 5.92. The van der Waals surface area contributed by atoms with E-state index < -0.39 is 0 Å². The van der Waals surface area contributed by atoms with Crippen molar-refractivity contribution in [2.45, 2.75) is 59.0 Å². The minimum absolute atomic E-state index is 0.0840. The van der Waals surface area contributed by atoms with E-state index >= 15 is 0 Å². The summed E-state index contributed by atoms with van der Waals surface area (Å²) in [6.07, 6.45) is 4.36. The van der Waals surface area contributed by atoms with Crippen LogP contribution in [0, 0.1) is 5.92 Å². The van der Waals surface area contributed by atoms with Crippen molar-refractivity contribution in [2.24, 2.45) is 5.92 Å². The minimum Gasteiger partial charge on any atom is -0.396 e. The maximum atomic E-state index is 13.0. The molecule has 0 spiro atoms. The van der Waals surface area contributed by atoms with Gasteiger partial charge in [0.2, 0.25) is 0 Å². The largest absolute Gasteiger partial charge is 0.396 e. The van der Waals surface area contributed by atoms with E-state index in [4.69, 9.17) is 5.11 Å². The molecule has 2 aromatic rings. The lowest BCUT2D eigenvalue weighted by Gasteiger charge is -2.31. The third-order valence-electron chi connectivity index (χ3n) is 5.21. The molecule has 148 valence electrons. The molecule has 3 rings (SSSR count). The summed E-state index contributed by atoms with van der Waals surface area (Å²) < 4.78 is 3.68. The third-order valence-corrected chi connectivity index (χ3v) is 5.21. The molecule has 8 heteroatoms. The molecule has 2 aromatic heterocycles. The molecular formula is C19H30N6O2. The molecule has 0 aliphatic carbocycles. The Balaban J connectivity index is 1.57. The van der Waals surface area contributed by atoms with Gasteiger partial charge in [-0.1, -0.05) is 19.1 Å². The fourth-order valence-electron chi connectivity index (χ4n) is 3.53.